The number of carbonyl (C=O) groups excluding carboxylic acids is 4. The smallest absolute Gasteiger partial charge is 0.242 e. The van der Waals surface area contributed by atoms with Gasteiger partial charge >= 0.3 is 0 Å². The van der Waals surface area contributed by atoms with Crippen molar-refractivity contribution in [2.45, 2.75) is 95.7 Å². The van der Waals surface area contributed by atoms with E-state index in [4.69, 9.17) is 0 Å². The van der Waals surface area contributed by atoms with Crippen molar-refractivity contribution in [1.82, 2.24) is 35.6 Å². The molecule has 12 N–H and O–H groups in total. The summed E-state index contributed by atoms with van der Waals surface area (Å²) < 4.78 is 6.85. The largest absolute Gasteiger partial charge is 0.354 e. The van der Waals surface area contributed by atoms with Crippen LogP contribution < -0.4 is 52.8 Å². The number of nitrogens with zero attached hydrogens (tertiary/aromatic N) is 1. The summed E-state index contributed by atoms with van der Waals surface area (Å²) in [7, 11) is 4.90. The molecule has 2 aromatic carbocycles. The van der Waals surface area contributed by atoms with Crippen LogP contribution in [0.3, 0.4) is 0 Å². The Morgan fingerprint density at radius 3 is 1.91 bits per heavy atom. The number of nitrogens with one attached hydrogen (secondary N) is 8. The van der Waals surface area contributed by atoms with E-state index in [2.05, 4.69) is 57.7 Å². The maximum atomic E-state index is 14.1. The highest BCUT2D eigenvalue weighted by Crippen LogP contribution is 2.19. The fourth-order valence-electron chi connectivity index (χ4n) is 6.43. The van der Waals surface area contributed by atoms with Crippen molar-refractivity contribution in [3.63, 3.8) is 0 Å². The van der Waals surface area contributed by atoms with Crippen LogP contribution in [0, 0.1) is 0 Å². The highest BCUT2D eigenvalue weighted by Gasteiger charge is 2.27. The summed E-state index contributed by atoms with van der Waals surface area (Å²) in [5.74, 6) is -0.617. The van der Waals surface area contributed by atoms with E-state index in [1.54, 1.807) is 6.92 Å². The topological polar surface area (TPSA) is 220 Å². The number of piperazine rings is 1. The van der Waals surface area contributed by atoms with Gasteiger partial charge in [-0.15, -0.1) is 0 Å². The van der Waals surface area contributed by atoms with Crippen LogP contribution in [0.4, 0.5) is 11.4 Å². The summed E-state index contributed by atoms with van der Waals surface area (Å²) in [4.78, 5) is 54.4. The lowest BCUT2D eigenvalue weighted by Gasteiger charge is -2.26. The van der Waals surface area contributed by atoms with E-state index in [1.165, 1.54) is 45.5 Å². The van der Waals surface area contributed by atoms with Gasteiger partial charge in [0.1, 0.15) is 12.1 Å². The lowest BCUT2D eigenvalue weighted by Crippen LogP contribution is -2.53. The summed E-state index contributed by atoms with van der Waals surface area (Å²) in [6.45, 7) is 7.71. The van der Waals surface area contributed by atoms with Gasteiger partial charge in [-0.1, -0.05) is 50.5 Å². The summed E-state index contributed by atoms with van der Waals surface area (Å²) in [6.07, 6.45) is 9.08. The van der Waals surface area contributed by atoms with Gasteiger partial charge in [0, 0.05) is 88.1 Å². The third kappa shape index (κ3) is 20.6. The summed E-state index contributed by atoms with van der Waals surface area (Å²) in [6, 6.07) is 13.9. The molecule has 0 bridgehead atoms. The minimum Gasteiger partial charge on any atom is -0.354 e. The molecule has 320 valence electrons. The fourth-order valence-corrected chi connectivity index (χ4v) is 7.23. The first-order valence-electron chi connectivity index (χ1n) is 20.6. The summed E-state index contributed by atoms with van der Waals surface area (Å²) >= 11 is 1.35. The van der Waals surface area contributed by atoms with Crippen LogP contribution in [0.5, 0.6) is 0 Å². The molecule has 2 fully saturated rings. The number of hydrogen-bond acceptors (Lipinski definition) is 12. The number of carbonyl (C=O) groups is 4. The predicted octanol–water partition coefficient (Wildman–Crippen LogP) is 2.25. The van der Waals surface area contributed by atoms with Crippen molar-refractivity contribution in [2.24, 2.45) is 11.5 Å². The molecule has 4 amide bonds. The molecule has 1 aliphatic carbocycles. The van der Waals surface area contributed by atoms with Crippen molar-refractivity contribution < 1.29 is 19.2 Å². The third-order valence-electron chi connectivity index (χ3n) is 9.68. The molecule has 2 aliphatic rings. The van der Waals surface area contributed by atoms with E-state index in [-0.39, 0.29) is 23.6 Å². The minimum atomic E-state index is -0.803. The molecule has 2 aromatic rings. The maximum Gasteiger partial charge on any atom is 0.242 e. The predicted molar refractivity (Wildman–Crippen MR) is 235 cm³/mol. The zero-order chi connectivity index (χ0) is 41.7. The molecule has 1 saturated heterocycles. The van der Waals surface area contributed by atoms with Crippen molar-refractivity contribution in [3.05, 3.63) is 59.7 Å². The van der Waals surface area contributed by atoms with Crippen molar-refractivity contribution in [1.29, 1.82) is 0 Å². The first-order chi connectivity index (χ1) is 27.8. The van der Waals surface area contributed by atoms with Crippen LogP contribution in [-0.2, 0) is 32.0 Å². The Morgan fingerprint density at radius 2 is 1.33 bits per heavy atom. The van der Waals surface area contributed by atoms with Gasteiger partial charge in [-0.25, -0.2) is 9.44 Å². The lowest BCUT2D eigenvalue weighted by molar-refractivity contribution is -0.129. The molecule has 0 aromatic heterocycles. The highest BCUT2D eigenvalue weighted by atomic mass is 32.2. The second kappa shape index (κ2) is 30.5. The second-order valence-electron chi connectivity index (χ2n) is 14.0. The molecule has 1 aliphatic heterocycles. The molecular formula is C41H71N11O4S. The van der Waals surface area contributed by atoms with E-state index in [1.807, 2.05) is 55.6 Å². The monoisotopic (exact) mass is 814 g/mol. The van der Waals surface area contributed by atoms with Gasteiger partial charge in [0.05, 0.1) is 0 Å². The number of benzene rings is 2. The molecule has 57 heavy (non-hydrogen) atoms. The standard InChI is InChI=1S/C39H61N9O4S.2CH5N/c1-3-36(49)43-31-15-11-29(12-16-31)27-34(38(51)42-21-8-7-20-40-2)45-39(52)35(47-53-46-33-9-5-4-6-10-33)28-30-13-17-32(18-14-30)44-37(50)19-24-48-25-22-41-23-26-48;2*1-2/h11-18,33-35,40-41,46-47H,3-10,19-28H2,1-2H3,(H,42,51)(H,43,49)(H,44,50)(H,45,52);2*2H2,1H3/t34-,35?;;/m0../s1. The number of unbranched alkanes of at least 4 members (excludes halogenated alkanes) is 1. The van der Waals surface area contributed by atoms with E-state index in [9.17, 15) is 19.2 Å². The second-order valence-corrected chi connectivity index (χ2v) is 14.7. The SMILES string of the molecule is CCC(=O)Nc1ccc(C[C@H](NC(=O)C(Cc2ccc(NC(=O)CCN3CCNCC3)cc2)NSNC2CCCCC2)C(=O)NCCCCNC)cc1.CN.CN. The minimum absolute atomic E-state index is 0.0212. The number of amides is 4. The Hall–Kier alpha value is -3.61. The molecule has 1 unspecified atom stereocenters. The zero-order valence-corrected chi connectivity index (χ0v) is 35.5. The Labute approximate surface area is 345 Å². The molecular weight excluding hydrogens is 743 g/mol. The highest BCUT2D eigenvalue weighted by molar-refractivity contribution is 7.95. The molecule has 1 heterocycles. The molecule has 1 saturated carbocycles. The number of rotatable bonds is 22. The van der Waals surface area contributed by atoms with E-state index in [0.29, 0.717) is 49.6 Å². The summed E-state index contributed by atoms with van der Waals surface area (Å²) in [5, 5.41) is 18.4. The zero-order valence-electron chi connectivity index (χ0n) is 34.7. The summed E-state index contributed by atoms with van der Waals surface area (Å²) in [5.41, 5.74) is 12.2. The normalized spacial score (nSPS) is 15.4. The quantitative estimate of drug-likeness (QED) is 0.0612. The molecule has 0 radical (unpaired) electrons. The van der Waals surface area contributed by atoms with Gasteiger partial charge in [-0.3, -0.25) is 19.2 Å². The van der Waals surface area contributed by atoms with Crippen molar-refractivity contribution >= 4 is 47.1 Å². The van der Waals surface area contributed by atoms with Gasteiger partial charge in [-0.05, 0) is 95.2 Å². The molecule has 16 heteroatoms. The number of anilines is 2. The van der Waals surface area contributed by atoms with Crippen LogP contribution in [-0.4, -0.2) is 114 Å². The van der Waals surface area contributed by atoms with Gasteiger partial charge < -0.3 is 48.3 Å². The van der Waals surface area contributed by atoms with Crippen molar-refractivity contribution in [2.75, 3.05) is 77.6 Å². The Morgan fingerprint density at radius 1 is 0.772 bits per heavy atom. The van der Waals surface area contributed by atoms with E-state index < -0.39 is 12.1 Å². The lowest BCUT2D eigenvalue weighted by atomic mass is 9.96. The fraction of sp³-hybridized carbons (Fsp3) is 0.610. The first kappa shape index (κ1) is 49.5. The first-order valence-corrected chi connectivity index (χ1v) is 21.4. The van der Waals surface area contributed by atoms with Gasteiger partial charge in [0.25, 0.3) is 0 Å². The molecule has 4 rings (SSSR count). The molecule has 2 atom stereocenters. The van der Waals surface area contributed by atoms with E-state index >= 15 is 0 Å². The molecule has 15 nitrogen and oxygen atoms in total. The van der Waals surface area contributed by atoms with Gasteiger partial charge in [0.15, 0.2) is 0 Å². The van der Waals surface area contributed by atoms with Crippen LogP contribution in [0.25, 0.3) is 0 Å². The van der Waals surface area contributed by atoms with Crippen LogP contribution >= 0.6 is 12.1 Å². The molecule has 0 spiro atoms. The third-order valence-corrected chi connectivity index (χ3v) is 10.5. The Bertz CT molecular complexity index is 1410. The Balaban J connectivity index is 0.00000271. The average Bonchev–Trinajstić information content (AvgIpc) is 3.25. The Kier molecular flexibility index (Phi) is 26.5. The van der Waals surface area contributed by atoms with Crippen LogP contribution in [0.15, 0.2) is 48.5 Å². The van der Waals surface area contributed by atoms with Crippen LogP contribution in [0.2, 0.25) is 0 Å². The average molecular weight is 814 g/mol. The van der Waals surface area contributed by atoms with E-state index in [0.717, 1.165) is 76.1 Å². The van der Waals surface area contributed by atoms with Gasteiger partial charge in [0.2, 0.25) is 23.6 Å². The number of hydrogen-bond donors (Lipinski definition) is 10. The van der Waals surface area contributed by atoms with Crippen molar-refractivity contribution in [3.8, 4) is 0 Å². The maximum absolute atomic E-state index is 14.1. The van der Waals surface area contributed by atoms with Gasteiger partial charge in [-0.2, -0.15) is 0 Å². The van der Waals surface area contributed by atoms with Crippen LogP contribution in [0.1, 0.15) is 75.8 Å². The number of nitrogens with two attached hydrogens (primary N) is 2.